The number of carbonyl (C=O) groups is 3. The molecule has 0 saturated carbocycles. The van der Waals surface area contributed by atoms with E-state index in [0.29, 0.717) is 28.2 Å². The molecule has 0 bridgehead atoms. The minimum atomic E-state index is -1.07. The zero-order chi connectivity index (χ0) is 28.1. The molecule has 0 saturated heterocycles. The highest BCUT2D eigenvalue weighted by molar-refractivity contribution is 6.39. The zero-order valence-corrected chi connectivity index (χ0v) is 21.9. The van der Waals surface area contributed by atoms with Gasteiger partial charge in [-0.2, -0.15) is 5.10 Å². The Balaban J connectivity index is 1.48. The van der Waals surface area contributed by atoms with Gasteiger partial charge in [-0.3, -0.25) is 19.1 Å². The summed E-state index contributed by atoms with van der Waals surface area (Å²) in [6.45, 7) is 5.13. The molecule has 4 rings (SSSR count). The van der Waals surface area contributed by atoms with Crippen LogP contribution in [0, 0.1) is 13.8 Å². The first-order chi connectivity index (χ1) is 18.7. The Hall–Kier alpha value is -5.25. The van der Waals surface area contributed by atoms with Gasteiger partial charge in [0.25, 0.3) is 5.56 Å². The number of ether oxygens (including phenoxy) is 1. The van der Waals surface area contributed by atoms with E-state index in [-0.39, 0.29) is 11.4 Å². The van der Waals surface area contributed by atoms with Gasteiger partial charge in [0.15, 0.2) is 0 Å². The summed E-state index contributed by atoms with van der Waals surface area (Å²) in [5.74, 6) is -2.43. The molecule has 0 aliphatic carbocycles. The second-order valence-corrected chi connectivity index (χ2v) is 8.78. The number of nitrogens with zero attached hydrogens (tertiary/aromatic N) is 3. The Morgan fingerprint density at radius 3 is 2.28 bits per heavy atom. The molecule has 1 heterocycles. The largest absolute Gasteiger partial charge is 0.422 e. The van der Waals surface area contributed by atoms with Crippen molar-refractivity contribution in [2.75, 3.05) is 5.32 Å². The molecule has 2 amide bonds. The Labute approximate surface area is 224 Å². The third-order valence-corrected chi connectivity index (χ3v) is 6.06. The van der Waals surface area contributed by atoms with Crippen LogP contribution in [0.15, 0.2) is 88.8 Å². The van der Waals surface area contributed by atoms with Crippen LogP contribution >= 0.6 is 0 Å². The number of aromatic nitrogens is 2. The smallest absolute Gasteiger partial charge is 0.343 e. The summed E-state index contributed by atoms with van der Waals surface area (Å²) in [7, 11) is 1.68. The fourth-order valence-corrected chi connectivity index (χ4v) is 3.91. The van der Waals surface area contributed by atoms with Crippen LogP contribution < -0.4 is 21.0 Å². The van der Waals surface area contributed by atoms with Crippen molar-refractivity contribution < 1.29 is 19.1 Å². The van der Waals surface area contributed by atoms with Crippen molar-refractivity contribution in [3.63, 3.8) is 0 Å². The van der Waals surface area contributed by atoms with Gasteiger partial charge in [0, 0.05) is 12.6 Å². The molecule has 0 spiro atoms. The number of hydrazone groups is 1. The molecule has 0 unspecified atom stereocenters. The molecule has 1 aromatic heterocycles. The van der Waals surface area contributed by atoms with Gasteiger partial charge >= 0.3 is 17.8 Å². The van der Waals surface area contributed by atoms with Crippen molar-refractivity contribution in [1.29, 1.82) is 0 Å². The first-order valence-electron chi connectivity index (χ1n) is 12.0. The molecule has 10 heteroatoms. The van der Waals surface area contributed by atoms with E-state index in [4.69, 9.17) is 4.74 Å². The lowest BCUT2D eigenvalue weighted by atomic mass is 10.1. The number of aryl methyl sites for hydroxylation is 1. The van der Waals surface area contributed by atoms with Crippen molar-refractivity contribution >= 4 is 29.2 Å². The molecule has 39 heavy (non-hydrogen) atoms. The fourth-order valence-electron chi connectivity index (χ4n) is 3.91. The van der Waals surface area contributed by atoms with Crippen LogP contribution in [0.3, 0.4) is 0 Å². The number of hydrogen-bond acceptors (Lipinski definition) is 6. The van der Waals surface area contributed by atoms with Crippen molar-refractivity contribution in [3.8, 4) is 11.4 Å². The van der Waals surface area contributed by atoms with Gasteiger partial charge in [-0.05, 0) is 57.2 Å². The van der Waals surface area contributed by atoms with Crippen molar-refractivity contribution in [1.82, 2.24) is 14.8 Å². The summed E-state index contributed by atoms with van der Waals surface area (Å²) in [6, 6.07) is 22.6. The maximum absolute atomic E-state index is 13.0. The zero-order valence-electron chi connectivity index (χ0n) is 21.9. The van der Waals surface area contributed by atoms with Gasteiger partial charge in [0.1, 0.15) is 11.4 Å². The molecule has 0 atom stereocenters. The number of anilines is 1. The van der Waals surface area contributed by atoms with E-state index in [2.05, 4.69) is 15.8 Å². The van der Waals surface area contributed by atoms with Crippen LogP contribution in [0.4, 0.5) is 5.69 Å². The Morgan fingerprint density at radius 1 is 0.872 bits per heavy atom. The average molecular weight is 526 g/mol. The second-order valence-electron chi connectivity index (χ2n) is 8.78. The second kappa shape index (κ2) is 11.4. The number of hydrogen-bond donors (Lipinski definition) is 2. The van der Waals surface area contributed by atoms with E-state index in [1.807, 2.05) is 19.1 Å². The molecule has 0 fully saturated rings. The van der Waals surface area contributed by atoms with E-state index >= 15 is 0 Å². The van der Waals surface area contributed by atoms with Crippen molar-refractivity contribution in [3.05, 3.63) is 112 Å². The summed E-state index contributed by atoms with van der Waals surface area (Å²) in [5.41, 5.74) is 4.83. The number of para-hydroxylation sites is 2. The minimum absolute atomic E-state index is 0.0180. The van der Waals surface area contributed by atoms with Gasteiger partial charge in [0.05, 0.1) is 22.7 Å². The van der Waals surface area contributed by atoms with Crippen LogP contribution in [0.1, 0.15) is 34.1 Å². The summed E-state index contributed by atoms with van der Waals surface area (Å²) in [6.07, 6.45) is 0. The molecule has 2 N–H and O–H groups in total. The first kappa shape index (κ1) is 26.8. The van der Waals surface area contributed by atoms with Crippen molar-refractivity contribution in [2.24, 2.45) is 12.1 Å². The number of benzene rings is 3. The highest BCUT2D eigenvalue weighted by Crippen LogP contribution is 2.21. The Kier molecular flexibility index (Phi) is 7.85. The predicted molar refractivity (Wildman–Crippen MR) is 147 cm³/mol. The minimum Gasteiger partial charge on any atom is -0.422 e. The number of amides is 2. The van der Waals surface area contributed by atoms with Gasteiger partial charge in [-0.15, -0.1) is 0 Å². The fraction of sp³-hybridized carbons (Fsp3) is 0.138. The van der Waals surface area contributed by atoms with E-state index in [1.54, 1.807) is 92.3 Å². The molecular weight excluding hydrogens is 498 g/mol. The van der Waals surface area contributed by atoms with Gasteiger partial charge in [0.2, 0.25) is 0 Å². The SMILES string of the molecule is C/C(=N\NC(=O)C(=O)Nc1c(C)n(C)n(-c2ccccc2)c1=O)c1ccccc1OC(=O)c1cccc(C)c1. The average Bonchev–Trinajstić information content (AvgIpc) is 3.14. The normalized spacial score (nSPS) is 11.1. The van der Waals surface area contributed by atoms with Crippen molar-refractivity contribution in [2.45, 2.75) is 20.8 Å². The number of rotatable bonds is 6. The molecule has 0 aliphatic heterocycles. The van der Waals surface area contributed by atoms with E-state index < -0.39 is 23.3 Å². The van der Waals surface area contributed by atoms with E-state index in [9.17, 15) is 19.2 Å². The maximum atomic E-state index is 13.0. The van der Waals surface area contributed by atoms with Crippen LogP contribution in [0.25, 0.3) is 5.69 Å². The lowest BCUT2D eigenvalue weighted by Crippen LogP contribution is -2.34. The molecule has 0 radical (unpaired) electrons. The third kappa shape index (κ3) is 5.85. The topological polar surface area (TPSA) is 124 Å². The summed E-state index contributed by atoms with van der Waals surface area (Å²) >= 11 is 0. The molecule has 198 valence electrons. The van der Waals surface area contributed by atoms with Gasteiger partial charge < -0.3 is 10.1 Å². The summed E-state index contributed by atoms with van der Waals surface area (Å²) in [5, 5.41) is 6.39. The number of nitrogens with one attached hydrogen (secondary N) is 2. The highest BCUT2D eigenvalue weighted by atomic mass is 16.5. The Morgan fingerprint density at radius 2 is 1.56 bits per heavy atom. The number of esters is 1. The van der Waals surface area contributed by atoms with Crippen LogP contribution in [0.5, 0.6) is 5.75 Å². The monoisotopic (exact) mass is 525 g/mol. The quantitative estimate of drug-likeness (QED) is 0.131. The van der Waals surface area contributed by atoms with Crippen LogP contribution in [-0.2, 0) is 16.6 Å². The summed E-state index contributed by atoms with van der Waals surface area (Å²) < 4.78 is 8.54. The maximum Gasteiger partial charge on any atom is 0.343 e. The lowest BCUT2D eigenvalue weighted by Gasteiger charge is -2.10. The van der Waals surface area contributed by atoms with Gasteiger partial charge in [-0.25, -0.2) is 14.9 Å². The molecular formula is C29H27N5O5. The molecule has 0 aliphatic rings. The van der Waals surface area contributed by atoms with Crippen LogP contribution in [-0.4, -0.2) is 32.9 Å². The number of carbonyl (C=O) groups excluding carboxylic acids is 3. The van der Waals surface area contributed by atoms with E-state index in [0.717, 1.165) is 5.56 Å². The third-order valence-electron chi connectivity index (χ3n) is 6.06. The first-order valence-corrected chi connectivity index (χ1v) is 12.0. The molecule has 4 aromatic rings. The van der Waals surface area contributed by atoms with Gasteiger partial charge in [-0.1, -0.05) is 48.0 Å². The van der Waals surface area contributed by atoms with E-state index in [1.165, 1.54) is 4.68 Å². The lowest BCUT2D eigenvalue weighted by molar-refractivity contribution is -0.136. The standard InChI is InChI=1S/C29H27N5O5/c1-18-11-10-12-21(17-18)29(38)39-24-16-9-8-15-23(24)19(2)31-32-27(36)26(35)30-25-20(3)33(4)34(28(25)37)22-13-6-5-7-14-22/h5-17H,1-4H3,(H,30,35)(H,32,36)/b31-19+. The summed E-state index contributed by atoms with van der Waals surface area (Å²) in [4.78, 5) is 50.7. The highest BCUT2D eigenvalue weighted by Gasteiger charge is 2.22. The predicted octanol–water partition coefficient (Wildman–Crippen LogP) is 3.49. The molecule has 3 aromatic carbocycles. The molecule has 10 nitrogen and oxygen atoms in total. The Bertz CT molecular complexity index is 1650. The van der Waals surface area contributed by atoms with Crippen LogP contribution in [0.2, 0.25) is 0 Å².